The van der Waals surface area contributed by atoms with Gasteiger partial charge in [0.25, 0.3) is 0 Å². The Morgan fingerprint density at radius 2 is 2.12 bits per heavy atom. The molecule has 2 heterocycles. The van der Waals surface area contributed by atoms with Gasteiger partial charge in [-0.25, -0.2) is 9.97 Å². The van der Waals surface area contributed by atoms with Crippen LogP contribution in [0.15, 0.2) is 34.9 Å². The second kappa shape index (κ2) is 4.03. The van der Waals surface area contributed by atoms with E-state index in [4.69, 9.17) is 10.2 Å². The monoisotopic (exact) mass is 243 g/mol. The quantitative estimate of drug-likeness (QED) is 0.751. The molecule has 17 heavy (non-hydrogen) atoms. The van der Waals surface area contributed by atoms with Crippen molar-refractivity contribution in [3.8, 4) is 0 Å². The van der Waals surface area contributed by atoms with Gasteiger partial charge in [0.2, 0.25) is 5.89 Å². The topological polar surface area (TPSA) is 64.9 Å². The first-order valence-electron chi connectivity index (χ1n) is 5.06. The van der Waals surface area contributed by atoms with Gasteiger partial charge in [-0.1, -0.05) is 23.5 Å². The number of benzene rings is 1. The molecule has 0 saturated carbocycles. The number of hydrogen-bond acceptors (Lipinski definition) is 5. The van der Waals surface area contributed by atoms with Crippen LogP contribution < -0.4 is 5.73 Å². The number of oxazole rings is 1. The zero-order valence-corrected chi connectivity index (χ0v) is 9.65. The van der Waals surface area contributed by atoms with E-state index < -0.39 is 0 Å². The molecule has 1 aromatic carbocycles. The van der Waals surface area contributed by atoms with Crippen molar-refractivity contribution in [1.29, 1.82) is 0 Å². The molecular weight excluding hydrogens is 234 g/mol. The summed E-state index contributed by atoms with van der Waals surface area (Å²) in [5.41, 5.74) is 7.19. The maximum atomic E-state index is 5.55. The number of para-hydroxylation sites is 2. The highest BCUT2D eigenvalue weighted by Crippen LogP contribution is 2.19. The number of nitrogens with zero attached hydrogens (tertiary/aromatic N) is 2. The molecule has 0 bridgehead atoms. The zero-order valence-electron chi connectivity index (χ0n) is 8.83. The molecule has 3 aromatic rings. The van der Waals surface area contributed by atoms with Gasteiger partial charge in [0.15, 0.2) is 10.7 Å². The average Bonchev–Trinajstić information content (AvgIpc) is 2.91. The predicted octanol–water partition coefficient (Wildman–Crippen LogP) is 3.04. The second-order valence-corrected chi connectivity index (χ2v) is 4.55. The first kappa shape index (κ1) is 10.0. The lowest BCUT2D eigenvalue weighted by atomic mass is 10.3. The fraction of sp³-hybridized carbons (Fsp3) is 0. The molecule has 2 aromatic heterocycles. The van der Waals surface area contributed by atoms with Gasteiger partial charge in [-0.15, -0.1) is 0 Å². The molecule has 0 aliphatic heterocycles. The van der Waals surface area contributed by atoms with E-state index in [9.17, 15) is 0 Å². The highest BCUT2D eigenvalue weighted by molar-refractivity contribution is 7.16. The minimum absolute atomic E-state index is 0.558. The van der Waals surface area contributed by atoms with Crippen LogP contribution in [0.5, 0.6) is 0 Å². The van der Waals surface area contributed by atoms with Gasteiger partial charge >= 0.3 is 0 Å². The van der Waals surface area contributed by atoms with Crippen LogP contribution in [0.4, 0.5) is 5.13 Å². The minimum Gasteiger partial charge on any atom is -0.437 e. The lowest BCUT2D eigenvalue weighted by Crippen LogP contribution is -1.77. The zero-order chi connectivity index (χ0) is 11.7. The summed E-state index contributed by atoms with van der Waals surface area (Å²) in [6.45, 7) is 0. The van der Waals surface area contributed by atoms with Crippen LogP contribution in [0.2, 0.25) is 0 Å². The number of nitrogens with two attached hydrogens (primary N) is 1. The second-order valence-electron chi connectivity index (χ2n) is 3.45. The minimum atomic E-state index is 0.558. The summed E-state index contributed by atoms with van der Waals surface area (Å²) in [7, 11) is 0. The summed E-state index contributed by atoms with van der Waals surface area (Å²) in [6.07, 6.45) is 5.42. The van der Waals surface area contributed by atoms with Gasteiger partial charge < -0.3 is 10.2 Å². The molecule has 0 amide bonds. The van der Waals surface area contributed by atoms with Crippen LogP contribution >= 0.6 is 11.3 Å². The van der Waals surface area contributed by atoms with E-state index in [1.807, 2.05) is 36.4 Å². The van der Waals surface area contributed by atoms with Crippen LogP contribution in [-0.4, -0.2) is 9.97 Å². The molecule has 0 unspecified atom stereocenters. The number of thiazole rings is 1. The highest BCUT2D eigenvalue weighted by atomic mass is 32.1. The number of fused-ring (bicyclic) bond motifs is 1. The largest absolute Gasteiger partial charge is 0.437 e. The van der Waals surface area contributed by atoms with Crippen molar-refractivity contribution in [2.24, 2.45) is 0 Å². The van der Waals surface area contributed by atoms with Crippen LogP contribution in [0.25, 0.3) is 23.3 Å². The van der Waals surface area contributed by atoms with Gasteiger partial charge in [-0.2, -0.15) is 0 Å². The van der Waals surface area contributed by atoms with Crippen molar-refractivity contribution in [3.63, 3.8) is 0 Å². The van der Waals surface area contributed by atoms with Gasteiger partial charge in [0, 0.05) is 17.2 Å². The summed E-state index contributed by atoms with van der Waals surface area (Å²) >= 11 is 1.42. The molecule has 4 nitrogen and oxygen atoms in total. The maximum Gasteiger partial charge on any atom is 0.220 e. The Labute approximate surface area is 101 Å². The van der Waals surface area contributed by atoms with Crippen molar-refractivity contribution in [1.82, 2.24) is 9.97 Å². The summed E-state index contributed by atoms with van der Waals surface area (Å²) in [5, 5.41) is 0.558. The molecule has 84 valence electrons. The Bertz CT molecular complexity index is 651. The number of rotatable bonds is 2. The number of anilines is 1. The Kier molecular flexibility index (Phi) is 2.38. The molecule has 2 N–H and O–H groups in total. The van der Waals surface area contributed by atoms with E-state index in [0.717, 1.165) is 16.0 Å². The summed E-state index contributed by atoms with van der Waals surface area (Å²) in [5.74, 6) is 0.582. The Morgan fingerprint density at radius 3 is 2.88 bits per heavy atom. The third-order valence-electron chi connectivity index (χ3n) is 2.24. The first-order valence-corrected chi connectivity index (χ1v) is 5.88. The summed E-state index contributed by atoms with van der Waals surface area (Å²) in [6, 6.07) is 7.67. The van der Waals surface area contributed by atoms with Gasteiger partial charge in [-0.3, -0.25) is 0 Å². The molecule has 0 saturated heterocycles. The molecule has 3 rings (SSSR count). The van der Waals surface area contributed by atoms with E-state index in [-0.39, 0.29) is 0 Å². The highest BCUT2D eigenvalue weighted by Gasteiger charge is 2.01. The average molecular weight is 243 g/mol. The predicted molar refractivity (Wildman–Crippen MR) is 69.5 cm³/mol. The number of hydrogen-bond donors (Lipinski definition) is 1. The lowest BCUT2D eigenvalue weighted by Gasteiger charge is -1.81. The summed E-state index contributed by atoms with van der Waals surface area (Å²) < 4.78 is 5.55. The van der Waals surface area contributed by atoms with Crippen molar-refractivity contribution in [3.05, 3.63) is 41.2 Å². The molecule has 0 spiro atoms. The van der Waals surface area contributed by atoms with Crippen LogP contribution in [-0.2, 0) is 0 Å². The smallest absolute Gasteiger partial charge is 0.220 e. The molecule has 0 aliphatic carbocycles. The normalized spacial score (nSPS) is 11.5. The fourth-order valence-electron chi connectivity index (χ4n) is 1.49. The molecule has 0 atom stereocenters. The number of nitrogen functional groups attached to an aromatic ring is 1. The van der Waals surface area contributed by atoms with E-state index in [0.29, 0.717) is 11.0 Å². The summed E-state index contributed by atoms with van der Waals surface area (Å²) in [4.78, 5) is 9.28. The van der Waals surface area contributed by atoms with E-state index in [1.54, 1.807) is 6.20 Å². The van der Waals surface area contributed by atoms with Crippen molar-refractivity contribution in [2.45, 2.75) is 0 Å². The molecule has 0 radical (unpaired) electrons. The molecule has 5 heteroatoms. The lowest BCUT2D eigenvalue weighted by molar-refractivity contribution is 0.590. The van der Waals surface area contributed by atoms with Crippen LogP contribution in [0, 0.1) is 0 Å². The number of aromatic nitrogens is 2. The van der Waals surface area contributed by atoms with Crippen molar-refractivity contribution < 1.29 is 4.42 Å². The Balaban J connectivity index is 1.92. The van der Waals surface area contributed by atoms with Crippen LogP contribution in [0.3, 0.4) is 0 Å². The van der Waals surface area contributed by atoms with Gasteiger partial charge in [0.1, 0.15) is 5.52 Å². The van der Waals surface area contributed by atoms with Gasteiger partial charge in [0.05, 0.1) is 0 Å². The third-order valence-corrected chi connectivity index (χ3v) is 3.03. The maximum absolute atomic E-state index is 5.55. The van der Waals surface area contributed by atoms with Crippen molar-refractivity contribution in [2.75, 3.05) is 5.73 Å². The van der Waals surface area contributed by atoms with E-state index >= 15 is 0 Å². The molecule has 0 aliphatic rings. The van der Waals surface area contributed by atoms with Crippen molar-refractivity contribution >= 4 is 39.7 Å². The Morgan fingerprint density at radius 1 is 1.24 bits per heavy atom. The Hall–Kier alpha value is -2.14. The van der Waals surface area contributed by atoms with Crippen LogP contribution in [0.1, 0.15) is 10.8 Å². The SMILES string of the molecule is Nc1ncc(/C=C/c2nc3ccccc3o2)s1. The molecular formula is C12H9N3OS. The fourth-order valence-corrected chi connectivity index (χ4v) is 2.08. The van der Waals surface area contributed by atoms with Gasteiger partial charge in [-0.05, 0) is 18.2 Å². The van der Waals surface area contributed by atoms with E-state index in [2.05, 4.69) is 9.97 Å². The standard InChI is InChI=1S/C12H9N3OS/c13-12-14-7-8(17-12)5-6-11-15-9-3-1-2-4-10(9)16-11/h1-7H,(H2,13,14)/b6-5+. The van der Waals surface area contributed by atoms with E-state index in [1.165, 1.54) is 11.3 Å². The third kappa shape index (κ3) is 2.05. The first-order chi connectivity index (χ1) is 8.31. The molecule has 0 fully saturated rings.